The summed E-state index contributed by atoms with van der Waals surface area (Å²) in [6.07, 6.45) is 3.80. The van der Waals surface area contributed by atoms with E-state index in [1.165, 1.54) is 33.6 Å². The van der Waals surface area contributed by atoms with Gasteiger partial charge < -0.3 is 4.90 Å². The summed E-state index contributed by atoms with van der Waals surface area (Å²) in [5, 5.41) is 2.22. The molecule has 3 heterocycles. The van der Waals surface area contributed by atoms with Gasteiger partial charge in [0.1, 0.15) is 0 Å². The average molecular weight is 540 g/mol. The van der Waals surface area contributed by atoms with Crippen molar-refractivity contribution in [3.05, 3.63) is 151 Å². The molecule has 0 unspecified atom stereocenters. The zero-order valence-corrected chi connectivity index (χ0v) is 23.6. The van der Waals surface area contributed by atoms with Crippen LogP contribution in [0.5, 0.6) is 0 Å². The van der Waals surface area contributed by atoms with E-state index < -0.39 is 0 Å². The molecule has 1 aliphatic rings. The van der Waals surface area contributed by atoms with Gasteiger partial charge in [-0.2, -0.15) is 0 Å². The van der Waals surface area contributed by atoms with Crippen LogP contribution >= 0.6 is 0 Å². The van der Waals surface area contributed by atoms with Gasteiger partial charge in [-0.1, -0.05) is 105 Å². The number of fused-ring (bicyclic) bond motifs is 5. The fourth-order valence-electron chi connectivity index (χ4n) is 6.69. The van der Waals surface area contributed by atoms with Crippen LogP contribution in [-0.2, 0) is 5.41 Å². The molecule has 200 valence electrons. The van der Waals surface area contributed by atoms with Crippen LogP contribution in [0.1, 0.15) is 25.0 Å². The van der Waals surface area contributed by atoms with Crippen LogP contribution in [0.15, 0.2) is 140 Å². The lowest BCUT2D eigenvalue weighted by Gasteiger charge is -2.42. The molecule has 8 rings (SSSR count). The zero-order chi connectivity index (χ0) is 28.3. The van der Waals surface area contributed by atoms with Crippen LogP contribution in [0.3, 0.4) is 0 Å². The van der Waals surface area contributed by atoms with Gasteiger partial charge in [-0.25, -0.2) is 0 Å². The number of para-hydroxylation sites is 2. The minimum atomic E-state index is -0.0727. The minimum absolute atomic E-state index is 0.0727. The van der Waals surface area contributed by atoms with Crippen molar-refractivity contribution in [3.8, 4) is 22.3 Å². The second kappa shape index (κ2) is 9.39. The molecule has 0 saturated carbocycles. The van der Waals surface area contributed by atoms with Crippen LogP contribution < -0.4 is 4.90 Å². The summed E-state index contributed by atoms with van der Waals surface area (Å²) in [7, 11) is 0. The molecule has 0 amide bonds. The molecular formula is C39H29N3. The molecule has 0 saturated heterocycles. The van der Waals surface area contributed by atoms with Crippen LogP contribution in [0.4, 0.5) is 17.1 Å². The zero-order valence-electron chi connectivity index (χ0n) is 23.6. The van der Waals surface area contributed by atoms with E-state index in [0.717, 1.165) is 38.6 Å². The fraction of sp³-hybridized carbons (Fsp3) is 0.0769. The lowest BCUT2D eigenvalue weighted by Crippen LogP contribution is -2.30. The quantitative estimate of drug-likeness (QED) is 0.209. The molecular weight excluding hydrogens is 510 g/mol. The number of hydrogen-bond donors (Lipinski definition) is 0. The van der Waals surface area contributed by atoms with Gasteiger partial charge >= 0.3 is 0 Å². The van der Waals surface area contributed by atoms with Gasteiger partial charge in [0, 0.05) is 34.3 Å². The second-order valence-corrected chi connectivity index (χ2v) is 11.5. The van der Waals surface area contributed by atoms with Crippen LogP contribution in [0.2, 0.25) is 0 Å². The molecule has 0 atom stereocenters. The largest absolute Gasteiger partial charge is 0.310 e. The molecule has 3 nitrogen and oxygen atoms in total. The lowest BCUT2D eigenvalue weighted by molar-refractivity contribution is 0.632. The Bertz CT molecular complexity index is 2060. The Balaban J connectivity index is 1.24. The number of aromatic nitrogens is 2. The first kappa shape index (κ1) is 24.5. The summed E-state index contributed by atoms with van der Waals surface area (Å²) in [5.41, 5.74) is 12.7. The third-order valence-electron chi connectivity index (χ3n) is 8.78. The van der Waals surface area contributed by atoms with Crippen molar-refractivity contribution >= 4 is 38.9 Å². The Hall–Kier alpha value is -5.28. The van der Waals surface area contributed by atoms with E-state index in [2.05, 4.69) is 140 Å². The summed E-state index contributed by atoms with van der Waals surface area (Å²) in [5.74, 6) is 0. The highest BCUT2D eigenvalue weighted by atomic mass is 15.2. The van der Waals surface area contributed by atoms with E-state index in [9.17, 15) is 0 Å². The van der Waals surface area contributed by atoms with Gasteiger partial charge in [0.2, 0.25) is 0 Å². The highest BCUT2D eigenvalue weighted by Crippen LogP contribution is 2.51. The number of hydrogen-bond acceptors (Lipinski definition) is 3. The SMILES string of the molecule is CC1(C)c2ccccc2N(c2ccc(-c3ccnc4c3ccc3c(-c5ccccc5)ccnc34)cc2)c2ccccc21. The maximum atomic E-state index is 4.81. The summed E-state index contributed by atoms with van der Waals surface area (Å²) in [6, 6.07) is 45.5. The van der Waals surface area contributed by atoms with Gasteiger partial charge in [-0.3, -0.25) is 9.97 Å². The Kier molecular flexibility index (Phi) is 5.48. The predicted molar refractivity (Wildman–Crippen MR) is 175 cm³/mol. The van der Waals surface area contributed by atoms with Crippen LogP contribution in [0.25, 0.3) is 44.1 Å². The summed E-state index contributed by atoms with van der Waals surface area (Å²) >= 11 is 0. The molecule has 0 aliphatic carbocycles. The normalized spacial score (nSPS) is 13.6. The molecule has 0 spiro atoms. The van der Waals surface area contributed by atoms with Gasteiger partial charge in [-0.15, -0.1) is 0 Å². The van der Waals surface area contributed by atoms with Crippen molar-refractivity contribution in [2.75, 3.05) is 4.90 Å². The minimum Gasteiger partial charge on any atom is -0.310 e. The first-order chi connectivity index (χ1) is 20.6. The first-order valence-corrected chi connectivity index (χ1v) is 14.4. The topological polar surface area (TPSA) is 29.0 Å². The van der Waals surface area contributed by atoms with Crippen molar-refractivity contribution in [1.29, 1.82) is 0 Å². The summed E-state index contributed by atoms with van der Waals surface area (Å²) in [4.78, 5) is 12.0. The second-order valence-electron chi connectivity index (χ2n) is 11.5. The van der Waals surface area contributed by atoms with Gasteiger partial charge in [-0.05, 0) is 69.8 Å². The van der Waals surface area contributed by atoms with Crippen molar-refractivity contribution < 1.29 is 0 Å². The molecule has 0 N–H and O–H groups in total. The third-order valence-corrected chi connectivity index (χ3v) is 8.78. The monoisotopic (exact) mass is 539 g/mol. The Morgan fingerprint density at radius 3 is 1.50 bits per heavy atom. The molecule has 2 aromatic heterocycles. The molecule has 5 aromatic carbocycles. The highest BCUT2D eigenvalue weighted by molar-refractivity contribution is 6.11. The van der Waals surface area contributed by atoms with Crippen LogP contribution in [-0.4, -0.2) is 9.97 Å². The maximum absolute atomic E-state index is 4.81. The van der Waals surface area contributed by atoms with Gasteiger partial charge in [0.15, 0.2) is 0 Å². The smallest absolute Gasteiger partial charge is 0.0970 e. The molecule has 42 heavy (non-hydrogen) atoms. The highest BCUT2D eigenvalue weighted by Gasteiger charge is 2.36. The lowest BCUT2D eigenvalue weighted by atomic mass is 9.73. The van der Waals surface area contributed by atoms with Crippen molar-refractivity contribution in [1.82, 2.24) is 9.97 Å². The van der Waals surface area contributed by atoms with E-state index in [1.54, 1.807) is 0 Å². The van der Waals surface area contributed by atoms with Gasteiger partial charge in [0.05, 0.1) is 22.4 Å². The number of nitrogens with zero attached hydrogens (tertiary/aromatic N) is 3. The fourth-order valence-corrected chi connectivity index (χ4v) is 6.69. The van der Waals surface area contributed by atoms with E-state index >= 15 is 0 Å². The van der Waals surface area contributed by atoms with Crippen molar-refractivity contribution in [2.24, 2.45) is 0 Å². The van der Waals surface area contributed by atoms with Crippen molar-refractivity contribution in [3.63, 3.8) is 0 Å². The number of pyridine rings is 2. The summed E-state index contributed by atoms with van der Waals surface area (Å²) in [6.45, 7) is 4.64. The number of benzene rings is 5. The first-order valence-electron chi connectivity index (χ1n) is 14.4. The molecule has 3 heteroatoms. The molecule has 7 aromatic rings. The number of rotatable bonds is 3. The Morgan fingerprint density at radius 1 is 0.476 bits per heavy atom. The molecule has 0 radical (unpaired) electrons. The summed E-state index contributed by atoms with van der Waals surface area (Å²) < 4.78 is 0. The Labute approximate surface area is 245 Å². The molecule has 1 aliphatic heterocycles. The third kappa shape index (κ3) is 3.67. The predicted octanol–water partition coefficient (Wildman–Crippen LogP) is 10.2. The standard InChI is InChI=1S/C39H29N3/c1-39(2)33-12-6-8-14-35(33)42(36-15-9-7-13-34(36)39)28-18-16-27(17-19-28)30-23-25-41-38-32(30)21-20-31-29(22-24-40-37(31)38)26-10-4-3-5-11-26/h3-25H,1-2H3. The average Bonchev–Trinajstić information content (AvgIpc) is 3.05. The van der Waals surface area contributed by atoms with Gasteiger partial charge in [0.25, 0.3) is 0 Å². The van der Waals surface area contributed by atoms with Crippen LogP contribution in [0, 0.1) is 0 Å². The number of anilines is 3. The molecule has 0 bridgehead atoms. The van der Waals surface area contributed by atoms with E-state index in [4.69, 9.17) is 9.97 Å². The molecule has 0 fully saturated rings. The van der Waals surface area contributed by atoms with E-state index in [-0.39, 0.29) is 5.41 Å². The van der Waals surface area contributed by atoms with E-state index in [1.807, 2.05) is 18.5 Å². The Morgan fingerprint density at radius 2 is 0.952 bits per heavy atom. The maximum Gasteiger partial charge on any atom is 0.0970 e. The van der Waals surface area contributed by atoms with Crippen molar-refractivity contribution in [2.45, 2.75) is 19.3 Å². The van der Waals surface area contributed by atoms with E-state index in [0.29, 0.717) is 0 Å².